The Hall–Kier alpha value is -2.00. The number of hydrogen-bond donors (Lipinski definition) is 2. The summed E-state index contributed by atoms with van der Waals surface area (Å²) >= 11 is 3.99. The fraction of sp³-hybridized carbons (Fsp3) is 0.250. The molecule has 0 atom stereocenters. The molecule has 0 aliphatic carbocycles. The van der Waals surface area contributed by atoms with Crippen molar-refractivity contribution < 1.29 is 0 Å². The summed E-state index contributed by atoms with van der Waals surface area (Å²) in [5, 5.41) is 0. The summed E-state index contributed by atoms with van der Waals surface area (Å²) in [6.45, 7) is 13.4. The second-order valence-corrected chi connectivity index (χ2v) is 6.30. The zero-order valence-corrected chi connectivity index (χ0v) is 15.2. The number of nitrogens with zero attached hydrogens (tertiary/aromatic N) is 1. The molecule has 0 fully saturated rings. The van der Waals surface area contributed by atoms with Crippen molar-refractivity contribution >= 4 is 18.4 Å². The molecule has 3 heteroatoms. The van der Waals surface area contributed by atoms with Crippen LogP contribution in [0, 0.1) is 20.8 Å². The molecule has 2 N–H and O–H groups in total. The van der Waals surface area contributed by atoms with Crippen LogP contribution in [0.15, 0.2) is 54.5 Å². The van der Waals surface area contributed by atoms with Gasteiger partial charge in [0.1, 0.15) is 5.82 Å². The summed E-state index contributed by atoms with van der Waals surface area (Å²) < 4.78 is 0. The van der Waals surface area contributed by atoms with Crippen molar-refractivity contribution in [2.24, 2.45) is 0 Å². The Morgan fingerprint density at radius 2 is 1.87 bits per heavy atom. The van der Waals surface area contributed by atoms with E-state index in [1.165, 1.54) is 11.1 Å². The Morgan fingerprint density at radius 1 is 1.17 bits per heavy atom. The topological polar surface area (TPSA) is 38.9 Å². The maximum atomic E-state index is 5.77. The van der Waals surface area contributed by atoms with Crippen LogP contribution >= 0.6 is 12.6 Å². The van der Waals surface area contributed by atoms with Crippen LogP contribution in [0.25, 0.3) is 11.3 Å². The van der Waals surface area contributed by atoms with Gasteiger partial charge in [0.15, 0.2) is 0 Å². The van der Waals surface area contributed by atoms with E-state index in [1.807, 2.05) is 19.1 Å². The predicted molar refractivity (Wildman–Crippen MR) is 106 cm³/mol. The van der Waals surface area contributed by atoms with Gasteiger partial charge in [-0.05, 0) is 61.8 Å². The predicted octanol–water partition coefficient (Wildman–Crippen LogP) is 5.65. The summed E-state index contributed by atoms with van der Waals surface area (Å²) in [6, 6.07) is 10.3. The molecule has 122 valence electrons. The van der Waals surface area contributed by atoms with Crippen molar-refractivity contribution in [3.05, 3.63) is 71.2 Å². The van der Waals surface area contributed by atoms with Gasteiger partial charge in [-0.25, -0.2) is 4.98 Å². The van der Waals surface area contributed by atoms with E-state index in [0.717, 1.165) is 34.6 Å². The van der Waals surface area contributed by atoms with Gasteiger partial charge in [0, 0.05) is 5.56 Å². The highest BCUT2D eigenvalue weighted by Crippen LogP contribution is 2.24. The van der Waals surface area contributed by atoms with Gasteiger partial charge in [0.05, 0.1) is 5.69 Å². The third-order valence-corrected chi connectivity index (χ3v) is 3.51. The minimum atomic E-state index is 0.579. The van der Waals surface area contributed by atoms with Crippen LogP contribution in [0.4, 0.5) is 5.82 Å². The second-order valence-electron chi connectivity index (χ2n) is 5.67. The first-order valence-corrected chi connectivity index (χ1v) is 8.07. The van der Waals surface area contributed by atoms with Gasteiger partial charge < -0.3 is 5.73 Å². The van der Waals surface area contributed by atoms with E-state index in [1.54, 1.807) is 0 Å². The molecule has 0 saturated heterocycles. The Morgan fingerprint density at radius 3 is 2.35 bits per heavy atom. The summed E-state index contributed by atoms with van der Waals surface area (Å²) in [5.74, 6) is 0.579. The zero-order valence-electron chi connectivity index (χ0n) is 14.3. The number of pyridine rings is 1. The smallest absolute Gasteiger partial charge is 0.124 e. The minimum absolute atomic E-state index is 0.579. The summed E-state index contributed by atoms with van der Waals surface area (Å²) in [5.41, 5.74) is 11.5. The molecular formula is C20H26N2S. The zero-order chi connectivity index (χ0) is 17.4. The van der Waals surface area contributed by atoms with Crippen LogP contribution in [-0.4, -0.2) is 4.98 Å². The molecule has 2 nitrogen and oxygen atoms in total. The van der Waals surface area contributed by atoms with E-state index in [2.05, 4.69) is 68.9 Å². The molecule has 1 heterocycles. The SMILES string of the molecule is C=CCCC(=C)S.Cc1cc(N)nc(-c2ccc(C)cc2C)c1. The summed E-state index contributed by atoms with van der Waals surface area (Å²) in [7, 11) is 0. The van der Waals surface area contributed by atoms with E-state index in [-0.39, 0.29) is 0 Å². The Bertz CT molecular complexity index is 670. The highest BCUT2D eigenvalue weighted by Gasteiger charge is 2.04. The van der Waals surface area contributed by atoms with Gasteiger partial charge in [-0.2, -0.15) is 0 Å². The number of allylic oxidation sites excluding steroid dienone is 2. The van der Waals surface area contributed by atoms with Gasteiger partial charge in [0.25, 0.3) is 0 Å². The maximum Gasteiger partial charge on any atom is 0.124 e. The lowest BCUT2D eigenvalue weighted by Gasteiger charge is -2.08. The number of nitrogen functional groups attached to an aromatic ring is 1. The van der Waals surface area contributed by atoms with Crippen molar-refractivity contribution in [1.82, 2.24) is 4.98 Å². The van der Waals surface area contributed by atoms with Crippen LogP contribution in [0.2, 0.25) is 0 Å². The quantitative estimate of drug-likeness (QED) is 0.562. The molecule has 0 radical (unpaired) electrons. The molecule has 0 aliphatic heterocycles. The van der Waals surface area contributed by atoms with Crippen molar-refractivity contribution in [2.45, 2.75) is 33.6 Å². The number of benzene rings is 1. The second kappa shape index (κ2) is 9.21. The first-order chi connectivity index (χ1) is 10.8. The number of thiol groups is 1. The largest absolute Gasteiger partial charge is 0.384 e. The standard InChI is InChI=1S/C14H16N2.C6H10S/c1-9-4-5-12(11(3)6-9)13-7-10(2)8-14(15)16-13;1-3-4-5-6(2)7/h4-8H,1-3H3,(H2,15,16);3,7H,1-2,4-5H2. The van der Waals surface area contributed by atoms with E-state index >= 15 is 0 Å². The number of hydrogen-bond acceptors (Lipinski definition) is 3. The first-order valence-electron chi connectivity index (χ1n) is 7.63. The lowest BCUT2D eigenvalue weighted by molar-refractivity contribution is 1.05. The van der Waals surface area contributed by atoms with Gasteiger partial charge in [-0.15, -0.1) is 19.2 Å². The highest BCUT2D eigenvalue weighted by molar-refractivity contribution is 7.84. The van der Waals surface area contributed by atoms with E-state index in [9.17, 15) is 0 Å². The number of rotatable bonds is 4. The molecule has 1 aromatic heterocycles. The molecule has 0 saturated carbocycles. The average Bonchev–Trinajstić information content (AvgIpc) is 2.44. The normalized spacial score (nSPS) is 9.74. The van der Waals surface area contributed by atoms with Gasteiger partial charge in [0.2, 0.25) is 0 Å². The molecular weight excluding hydrogens is 300 g/mol. The Kier molecular flexibility index (Phi) is 7.63. The Labute approximate surface area is 145 Å². The molecule has 0 bridgehead atoms. The molecule has 1 aromatic carbocycles. The van der Waals surface area contributed by atoms with E-state index in [4.69, 9.17) is 5.73 Å². The monoisotopic (exact) mass is 326 g/mol. The molecule has 2 rings (SSSR count). The van der Waals surface area contributed by atoms with Crippen molar-refractivity contribution in [3.63, 3.8) is 0 Å². The van der Waals surface area contributed by atoms with Gasteiger partial charge >= 0.3 is 0 Å². The first kappa shape index (κ1) is 19.0. The molecule has 0 unspecified atom stereocenters. The van der Waals surface area contributed by atoms with Crippen LogP contribution in [0.5, 0.6) is 0 Å². The molecule has 0 spiro atoms. The summed E-state index contributed by atoms with van der Waals surface area (Å²) in [4.78, 5) is 5.30. The van der Waals surface area contributed by atoms with Crippen molar-refractivity contribution in [1.29, 1.82) is 0 Å². The maximum absolute atomic E-state index is 5.77. The van der Waals surface area contributed by atoms with Crippen molar-refractivity contribution in [3.8, 4) is 11.3 Å². The number of anilines is 1. The van der Waals surface area contributed by atoms with Crippen LogP contribution in [-0.2, 0) is 0 Å². The molecule has 0 aliphatic rings. The summed E-state index contributed by atoms with van der Waals surface area (Å²) in [6.07, 6.45) is 3.80. The number of nitrogens with two attached hydrogens (primary N) is 1. The van der Waals surface area contributed by atoms with E-state index < -0.39 is 0 Å². The average molecular weight is 327 g/mol. The van der Waals surface area contributed by atoms with Crippen LogP contribution < -0.4 is 5.73 Å². The minimum Gasteiger partial charge on any atom is -0.384 e. The molecule has 0 amide bonds. The van der Waals surface area contributed by atoms with Gasteiger partial charge in [-0.1, -0.05) is 36.4 Å². The number of aryl methyl sites for hydroxylation is 3. The highest BCUT2D eigenvalue weighted by atomic mass is 32.1. The number of aromatic nitrogens is 1. The lowest BCUT2D eigenvalue weighted by Crippen LogP contribution is -1.95. The Balaban J connectivity index is 0.000000322. The van der Waals surface area contributed by atoms with Crippen molar-refractivity contribution in [2.75, 3.05) is 5.73 Å². The lowest BCUT2D eigenvalue weighted by atomic mass is 10.0. The fourth-order valence-electron chi connectivity index (χ4n) is 2.20. The third-order valence-electron chi connectivity index (χ3n) is 3.28. The molecule has 23 heavy (non-hydrogen) atoms. The van der Waals surface area contributed by atoms with Gasteiger partial charge in [-0.3, -0.25) is 0 Å². The fourth-order valence-corrected chi connectivity index (χ4v) is 2.33. The molecule has 2 aromatic rings. The van der Waals surface area contributed by atoms with Crippen LogP contribution in [0.1, 0.15) is 29.5 Å². The third kappa shape index (κ3) is 6.74. The van der Waals surface area contributed by atoms with E-state index in [0.29, 0.717) is 5.82 Å². The van der Waals surface area contributed by atoms with Crippen LogP contribution in [0.3, 0.4) is 0 Å².